The van der Waals surface area contributed by atoms with Gasteiger partial charge in [-0.2, -0.15) is 0 Å². The molecule has 2 aromatic rings. The second kappa shape index (κ2) is 5.88. The molecule has 0 saturated carbocycles. The number of amides is 1. The number of ether oxygens (including phenoxy) is 1. The number of H-pyrrole nitrogens is 1. The fourth-order valence-electron chi connectivity index (χ4n) is 2.58. The van der Waals surface area contributed by atoms with E-state index < -0.39 is 0 Å². The normalized spacial score (nSPS) is 17.7. The van der Waals surface area contributed by atoms with Crippen LogP contribution < -0.4 is 10.3 Å². The predicted octanol–water partition coefficient (Wildman–Crippen LogP) is 1.52. The summed E-state index contributed by atoms with van der Waals surface area (Å²) in [6.45, 7) is 2.50. The van der Waals surface area contributed by atoms with Gasteiger partial charge in [-0.15, -0.1) is 11.3 Å². The van der Waals surface area contributed by atoms with Crippen molar-refractivity contribution < 1.29 is 9.53 Å². The average Bonchev–Trinajstić information content (AvgIpc) is 3.15. The van der Waals surface area contributed by atoms with Crippen molar-refractivity contribution in [1.82, 2.24) is 19.9 Å². The maximum Gasteiger partial charge on any atom is 0.293 e. The van der Waals surface area contributed by atoms with E-state index in [0.29, 0.717) is 17.4 Å². The van der Waals surface area contributed by atoms with Crippen LogP contribution in [0.4, 0.5) is 0 Å². The van der Waals surface area contributed by atoms with Crippen molar-refractivity contribution in [3.63, 3.8) is 0 Å². The molecule has 3 heterocycles. The topological polar surface area (TPSA) is 88.2 Å². The van der Waals surface area contributed by atoms with Crippen LogP contribution in [-0.2, 0) is 0 Å². The zero-order valence-electron chi connectivity index (χ0n) is 12.3. The molecule has 1 fully saturated rings. The van der Waals surface area contributed by atoms with Crippen molar-refractivity contribution in [1.29, 1.82) is 0 Å². The molecule has 1 aliphatic heterocycles. The van der Waals surface area contributed by atoms with Crippen LogP contribution in [0.25, 0.3) is 0 Å². The molecular formula is C14H16N4O3S. The van der Waals surface area contributed by atoms with Gasteiger partial charge in [-0.05, 0) is 19.8 Å². The second-order valence-electron chi connectivity index (χ2n) is 5.12. The first kappa shape index (κ1) is 14.7. The van der Waals surface area contributed by atoms with Crippen LogP contribution >= 0.6 is 11.3 Å². The van der Waals surface area contributed by atoms with E-state index in [2.05, 4.69) is 15.0 Å². The van der Waals surface area contributed by atoms with Gasteiger partial charge in [-0.25, -0.2) is 9.97 Å². The monoisotopic (exact) mass is 320 g/mol. The SMILES string of the molecule is COc1cnc(C2CCCN2C(=O)c2nc(C)cs2)[nH]c1=O. The van der Waals surface area contributed by atoms with Gasteiger partial charge in [-0.1, -0.05) is 0 Å². The molecular weight excluding hydrogens is 304 g/mol. The van der Waals surface area contributed by atoms with E-state index in [0.717, 1.165) is 18.5 Å². The Hall–Kier alpha value is -2.22. The van der Waals surface area contributed by atoms with Crippen LogP contribution in [-0.4, -0.2) is 39.4 Å². The number of nitrogens with one attached hydrogen (secondary N) is 1. The molecule has 1 unspecified atom stereocenters. The third-order valence-corrected chi connectivity index (χ3v) is 4.59. The molecule has 0 bridgehead atoms. The number of hydrogen-bond acceptors (Lipinski definition) is 6. The largest absolute Gasteiger partial charge is 0.490 e. The van der Waals surface area contributed by atoms with Crippen LogP contribution in [0.2, 0.25) is 0 Å². The number of aromatic nitrogens is 3. The minimum Gasteiger partial charge on any atom is -0.490 e. The van der Waals surface area contributed by atoms with E-state index >= 15 is 0 Å². The van der Waals surface area contributed by atoms with Crippen LogP contribution in [0, 0.1) is 6.92 Å². The minimum absolute atomic E-state index is 0.112. The van der Waals surface area contributed by atoms with Crippen LogP contribution in [0.5, 0.6) is 5.75 Å². The standard InChI is InChI=1S/C14H16N4O3S/c1-8-7-22-13(16-8)14(20)18-5-3-4-9(18)11-15-6-10(21-2)12(19)17-11/h6-7,9H,3-5H2,1-2H3,(H,15,17,19). The molecule has 2 aromatic heterocycles. The predicted molar refractivity (Wildman–Crippen MR) is 81.3 cm³/mol. The van der Waals surface area contributed by atoms with E-state index in [4.69, 9.17) is 4.74 Å². The summed E-state index contributed by atoms with van der Waals surface area (Å²) in [5.41, 5.74) is 0.497. The van der Waals surface area contributed by atoms with Crippen molar-refractivity contribution in [3.8, 4) is 5.75 Å². The molecule has 0 spiro atoms. The van der Waals surface area contributed by atoms with Crippen molar-refractivity contribution in [2.24, 2.45) is 0 Å². The van der Waals surface area contributed by atoms with Crippen LogP contribution in [0.15, 0.2) is 16.4 Å². The van der Waals surface area contributed by atoms with Crippen molar-refractivity contribution in [2.75, 3.05) is 13.7 Å². The van der Waals surface area contributed by atoms with Gasteiger partial charge in [0.05, 0.1) is 19.3 Å². The maximum absolute atomic E-state index is 12.6. The summed E-state index contributed by atoms with van der Waals surface area (Å²) >= 11 is 1.34. The van der Waals surface area contributed by atoms with Gasteiger partial charge in [0.1, 0.15) is 5.82 Å². The van der Waals surface area contributed by atoms with E-state index in [1.165, 1.54) is 24.6 Å². The highest BCUT2D eigenvalue weighted by atomic mass is 32.1. The highest BCUT2D eigenvalue weighted by molar-refractivity contribution is 7.11. The lowest BCUT2D eigenvalue weighted by atomic mass is 10.2. The van der Waals surface area contributed by atoms with E-state index in [1.54, 1.807) is 4.90 Å². The summed E-state index contributed by atoms with van der Waals surface area (Å²) in [5.74, 6) is 0.541. The van der Waals surface area contributed by atoms with E-state index in [1.807, 2.05) is 12.3 Å². The number of likely N-dealkylation sites (tertiary alicyclic amines) is 1. The lowest BCUT2D eigenvalue weighted by molar-refractivity contribution is 0.0729. The molecule has 0 aromatic carbocycles. The van der Waals surface area contributed by atoms with Crippen LogP contribution in [0.1, 0.15) is 40.2 Å². The number of carbonyl (C=O) groups is 1. The minimum atomic E-state index is -0.336. The number of aryl methyl sites for hydroxylation is 1. The second-order valence-corrected chi connectivity index (χ2v) is 5.97. The molecule has 7 nitrogen and oxygen atoms in total. The first-order valence-electron chi connectivity index (χ1n) is 6.96. The molecule has 1 amide bonds. The smallest absolute Gasteiger partial charge is 0.293 e. The number of thiazole rings is 1. The highest BCUT2D eigenvalue weighted by Crippen LogP contribution is 2.31. The molecule has 22 heavy (non-hydrogen) atoms. The van der Waals surface area contributed by atoms with E-state index in [-0.39, 0.29) is 23.3 Å². The Morgan fingerprint density at radius 3 is 3.00 bits per heavy atom. The summed E-state index contributed by atoms with van der Waals surface area (Å²) in [4.78, 5) is 37.3. The van der Waals surface area contributed by atoms with Crippen molar-refractivity contribution in [2.45, 2.75) is 25.8 Å². The first-order chi connectivity index (χ1) is 10.6. The summed E-state index contributed by atoms with van der Waals surface area (Å²) in [5, 5.41) is 2.33. The molecule has 3 rings (SSSR count). The molecule has 0 aliphatic carbocycles. The Morgan fingerprint density at radius 1 is 1.55 bits per heavy atom. The molecule has 116 valence electrons. The third kappa shape index (κ3) is 2.61. The number of nitrogens with zero attached hydrogens (tertiary/aromatic N) is 3. The Morgan fingerprint density at radius 2 is 2.36 bits per heavy atom. The van der Waals surface area contributed by atoms with Gasteiger partial charge in [-0.3, -0.25) is 9.59 Å². The zero-order chi connectivity index (χ0) is 15.7. The lowest BCUT2D eigenvalue weighted by Crippen LogP contribution is -2.32. The Labute approximate surface area is 131 Å². The Balaban J connectivity index is 1.88. The fourth-order valence-corrected chi connectivity index (χ4v) is 3.33. The number of hydrogen-bond donors (Lipinski definition) is 1. The molecule has 8 heteroatoms. The third-order valence-electron chi connectivity index (χ3n) is 3.64. The summed E-state index contributed by atoms with van der Waals surface area (Å²) in [6, 6.07) is -0.227. The molecule has 1 N–H and O–H groups in total. The highest BCUT2D eigenvalue weighted by Gasteiger charge is 2.33. The lowest BCUT2D eigenvalue weighted by Gasteiger charge is -2.22. The summed E-state index contributed by atoms with van der Waals surface area (Å²) in [6.07, 6.45) is 3.03. The summed E-state index contributed by atoms with van der Waals surface area (Å²) < 4.78 is 4.91. The Bertz CT molecular complexity index is 755. The number of methoxy groups -OCH3 is 1. The van der Waals surface area contributed by atoms with Crippen molar-refractivity contribution in [3.05, 3.63) is 38.5 Å². The van der Waals surface area contributed by atoms with Gasteiger partial charge >= 0.3 is 0 Å². The first-order valence-corrected chi connectivity index (χ1v) is 7.84. The Kier molecular flexibility index (Phi) is 3.93. The van der Waals surface area contributed by atoms with Crippen LogP contribution in [0.3, 0.4) is 0 Å². The fraction of sp³-hybridized carbons (Fsp3) is 0.429. The average molecular weight is 320 g/mol. The quantitative estimate of drug-likeness (QED) is 0.926. The number of carbonyl (C=O) groups excluding carboxylic acids is 1. The number of rotatable bonds is 3. The van der Waals surface area contributed by atoms with Gasteiger partial charge in [0, 0.05) is 17.6 Å². The van der Waals surface area contributed by atoms with Gasteiger partial charge in [0.15, 0.2) is 5.01 Å². The molecule has 1 aliphatic rings. The van der Waals surface area contributed by atoms with Gasteiger partial charge in [0.2, 0.25) is 5.75 Å². The molecule has 1 saturated heterocycles. The van der Waals surface area contributed by atoms with Crippen molar-refractivity contribution >= 4 is 17.2 Å². The molecule has 0 radical (unpaired) electrons. The molecule has 1 atom stereocenters. The maximum atomic E-state index is 12.6. The van der Waals surface area contributed by atoms with Gasteiger partial charge in [0.25, 0.3) is 11.5 Å². The van der Waals surface area contributed by atoms with E-state index in [9.17, 15) is 9.59 Å². The number of aromatic amines is 1. The zero-order valence-corrected chi connectivity index (χ0v) is 13.1. The summed E-state index contributed by atoms with van der Waals surface area (Å²) in [7, 11) is 1.42. The van der Waals surface area contributed by atoms with Gasteiger partial charge < -0.3 is 14.6 Å².